The number of halogens is 1. The number of nitrogens with zero attached hydrogens (tertiary/aromatic N) is 1. The first-order valence-electron chi connectivity index (χ1n) is 6.16. The summed E-state index contributed by atoms with van der Waals surface area (Å²) in [5, 5.41) is 3.32. The number of hydrogen-bond acceptors (Lipinski definition) is 3. The van der Waals surface area contributed by atoms with E-state index in [2.05, 4.69) is 18.2 Å². The molecule has 1 atom stereocenters. The highest BCUT2D eigenvalue weighted by atomic mass is 35.5. The van der Waals surface area contributed by atoms with Crippen LogP contribution in [0.4, 0.5) is 11.4 Å². The van der Waals surface area contributed by atoms with E-state index in [-0.39, 0.29) is 5.91 Å². The van der Waals surface area contributed by atoms with Gasteiger partial charge in [0.2, 0.25) is 5.91 Å². The first kappa shape index (κ1) is 13.7. The van der Waals surface area contributed by atoms with E-state index < -0.39 is 6.04 Å². The summed E-state index contributed by atoms with van der Waals surface area (Å²) in [6.07, 6.45) is 6.34. The van der Waals surface area contributed by atoms with Crippen molar-refractivity contribution in [3.05, 3.63) is 22.7 Å². The van der Waals surface area contributed by atoms with Crippen molar-refractivity contribution in [1.82, 2.24) is 0 Å². The number of nitrogens with one attached hydrogen (secondary N) is 1. The molecule has 1 unspecified atom stereocenters. The van der Waals surface area contributed by atoms with Crippen LogP contribution in [-0.2, 0) is 4.79 Å². The number of terminal acetylenes is 1. The van der Waals surface area contributed by atoms with Crippen LogP contribution in [0.1, 0.15) is 24.9 Å². The molecule has 5 heteroatoms. The van der Waals surface area contributed by atoms with Gasteiger partial charge in [-0.2, -0.15) is 0 Å². The number of benzene rings is 1. The summed E-state index contributed by atoms with van der Waals surface area (Å²) in [6, 6.07) is 2.94. The van der Waals surface area contributed by atoms with Crippen LogP contribution < -0.4 is 16.0 Å². The highest BCUT2D eigenvalue weighted by Gasteiger charge is 2.28. The van der Waals surface area contributed by atoms with Crippen molar-refractivity contribution in [1.29, 1.82) is 0 Å². The van der Waals surface area contributed by atoms with Crippen LogP contribution in [0, 0.1) is 12.3 Å². The smallest absolute Gasteiger partial charge is 0.245 e. The zero-order valence-corrected chi connectivity index (χ0v) is 11.5. The van der Waals surface area contributed by atoms with Gasteiger partial charge in [-0.25, -0.2) is 0 Å². The van der Waals surface area contributed by atoms with Gasteiger partial charge in [0.05, 0.1) is 17.3 Å². The molecule has 0 radical (unpaired) electrons. The molecule has 3 N–H and O–H groups in total. The van der Waals surface area contributed by atoms with Gasteiger partial charge in [-0.05, 0) is 18.6 Å². The monoisotopic (exact) mass is 277 g/mol. The number of carbonyl (C=O) groups excluding carboxylic acids is 1. The van der Waals surface area contributed by atoms with Crippen molar-refractivity contribution >= 4 is 28.9 Å². The molecule has 2 rings (SSSR count). The SMILES string of the molecule is C#CCN(CCC)c1cc2c(cc1Cl)C(N)C(=O)N2. The summed E-state index contributed by atoms with van der Waals surface area (Å²) < 4.78 is 0. The third-order valence-corrected chi connectivity index (χ3v) is 3.41. The van der Waals surface area contributed by atoms with Gasteiger partial charge < -0.3 is 16.0 Å². The molecule has 1 amide bonds. The highest BCUT2D eigenvalue weighted by molar-refractivity contribution is 6.33. The fraction of sp³-hybridized carbons (Fsp3) is 0.357. The van der Waals surface area contributed by atoms with E-state index in [1.807, 2.05) is 11.0 Å². The Kier molecular flexibility index (Phi) is 3.98. The highest BCUT2D eigenvalue weighted by Crippen LogP contribution is 2.38. The van der Waals surface area contributed by atoms with Gasteiger partial charge in [-0.3, -0.25) is 4.79 Å². The average molecular weight is 278 g/mol. The third kappa shape index (κ3) is 2.53. The zero-order valence-electron chi connectivity index (χ0n) is 10.7. The predicted molar refractivity (Wildman–Crippen MR) is 78.3 cm³/mol. The number of fused-ring (bicyclic) bond motifs is 1. The van der Waals surface area contributed by atoms with Crippen LogP contribution in [0.5, 0.6) is 0 Å². The van der Waals surface area contributed by atoms with E-state index in [0.29, 0.717) is 11.6 Å². The fourth-order valence-electron chi connectivity index (χ4n) is 2.20. The Bertz CT molecular complexity index is 550. The van der Waals surface area contributed by atoms with Crippen LogP contribution >= 0.6 is 11.6 Å². The Labute approximate surface area is 117 Å². The zero-order chi connectivity index (χ0) is 14.0. The Morgan fingerprint density at radius 3 is 2.95 bits per heavy atom. The number of amides is 1. The lowest BCUT2D eigenvalue weighted by Crippen LogP contribution is -2.24. The maximum absolute atomic E-state index is 11.5. The van der Waals surface area contributed by atoms with Crippen molar-refractivity contribution in [2.75, 3.05) is 23.3 Å². The Morgan fingerprint density at radius 2 is 2.32 bits per heavy atom. The summed E-state index contributed by atoms with van der Waals surface area (Å²) in [6.45, 7) is 3.36. The molecule has 1 aromatic carbocycles. The minimum atomic E-state index is -0.645. The second-order valence-corrected chi connectivity index (χ2v) is 4.89. The first-order chi connectivity index (χ1) is 9.08. The molecule has 0 spiro atoms. The molecule has 1 aliphatic rings. The van der Waals surface area contributed by atoms with Gasteiger partial charge in [0.1, 0.15) is 6.04 Å². The van der Waals surface area contributed by atoms with Crippen LogP contribution in [0.15, 0.2) is 12.1 Å². The Morgan fingerprint density at radius 1 is 1.58 bits per heavy atom. The predicted octanol–water partition coefficient (Wildman–Crippen LogP) is 2.14. The van der Waals surface area contributed by atoms with Gasteiger partial charge in [-0.1, -0.05) is 24.4 Å². The molecule has 0 aromatic heterocycles. The summed E-state index contributed by atoms with van der Waals surface area (Å²) >= 11 is 6.28. The molecule has 1 aliphatic heterocycles. The lowest BCUT2D eigenvalue weighted by molar-refractivity contribution is -0.116. The van der Waals surface area contributed by atoms with Crippen LogP contribution in [0.2, 0.25) is 5.02 Å². The molecule has 0 saturated carbocycles. The molecule has 4 nitrogen and oxygen atoms in total. The fourth-order valence-corrected chi connectivity index (χ4v) is 2.49. The van der Waals surface area contributed by atoms with E-state index in [1.54, 1.807) is 6.07 Å². The summed E-state index contributed by atoms with van der Waals surface area (Å²) in [4.78, 5) is 13.6. The Balaban J connectivity index is 2.41. The number of anilines is 2. The van der Waals surface area contributed by atoms with Crippen molar-refractivity contribution in [2.45, 2.75) is 19.4 Å². The topological polar surface area (TPSA) is 58.4 Å². The molecular weight excluding hydrogens is 262 g/mol. The second-order valence-electron chi connectivity index (χ2n) is 4.48. The number of rotatable bonds is 4. The molecular formula is C14H16ClN3O. The summed E-state index contributed by atoms with van der Waals surface area (Å²) in [5.41, 5.74) is 8.06. The van der Waals surface area contributed by atoms with Crippen molar-refractivity contribution < 1.29 is 4.79 Å². The van der Waals surface area contributed by atoms with Crippen molar-refractivity contribution in [3.63, 3.8) is 0 Å². The minimum absolute atomic E-state index is 0.206. The Hall–Kier alpha value is -1.70. The molecule has 0 aliphatic carbocycles. The van der Waals surface area contributed by atoms with Crippen molar-refractivity contribution in [2.24, 2.45) is 5.73 Å². The van der Waals surface area contributed by atoms with Gasteiger partial charge in [0, 0.05) is 17.8 Å². The maximum Gasteiger partial charge on any atom is 0.245 e. The number of nitrogens with two attached hydrogens (primary N) is 1. The first-order valence-corrected chi connectivity index (χ1v) is 6.54. The third-order valence-electron chi connectivity index (χ3n) is 3.11. The average Bonchev–Trinajstić information content (AvgIpc) is 2.64. The van der Waals surface area contributed by atoms with E-state index in [4.69, 9.17) is 23.8 Å². The molecule has 1 heterocycles. The largest absolute Gasteiger partial charge is 0.359 e. The molecule has 0 fully saturated rings. The summed E-state index contributed by atoms with van der Waals surface area (Å²) in [5.74, 6) is 2.41. The van der Waals surface area contributed by atoms with Gasteiger partial charge in [0.15, 0.2) is 0 Å². The van der Waals surface area contributed by atoms with E-state index >= 15 is 0 Å². The lowest BCUT2D eigenvalue weighted by atomic mass is 10.1. The maximum atomic E-state index is 11.5. The molecule has 0 bridgehead atoms. The van der Waals surface area contributed by atoms with E-state index in [9.17, 15) is 4.79 Å². The molecule has 100 valence electrons. The normalized spacial score (nSPS) is 16.7. The lowest BCUT2D eigenvalue weighted by Gasteiger charge is -2.23. The molecule has 19 heavy (non-hydrogen) atoms. The number of carbonyl (C=O) groups is 1. The quantitative estimate of drug-likeness (QED) is 0.829. The van der Waals surface area contributed by atoms with Crippen LogP contribution in [-0.4, -0.2) is 19.0 Å². The van der Waals surface area contributed by atoms with E-state index in [0.717, 1.165) is 29.9 Å². The van der Waals surface area contributed by atoms with Gasteiger partial charge in [-0.15, -0.1) is 6.42 Å². The second kappa shape index (κ2) is 5.52. The van der Waals surface area contributed by atoms with E-state index in [1.165, 1.54) is 0 Å². The standard InChI is InChI=1S/C14H16ClN3O/c1-3-5-18(6-4-2)12-8-11-9(7-10(12)15)13(16)14(19)17-11/h1,7-8,13H,4-6,16H2,2H3,(H,17,19). The van der Waals surface area contributed by atoms with Gasteiger partial charge in [0.25, 0.3) is 0 Å². The van der Waals surface area contributed by atoms with Crippen LogP contribution in [0.3, 0.4) is 0 Å². The molecule has 0 saturated heterocycles. The van der Waals surface area contributed by atoms with Crippen molar-refractivity contribution in [3.8, 4) is 12.3 Å². The number of hydrogen-bond donors (Lipinski definition) is 2. The minimum Gasteiger partial charge on any atom is -0.359 e. The summed E-state index contributed by atoms with van der Waals surface area (Å²) in [7, 11) is 0. The molecule has 1 aromatic rings. The van der Waals surface area contributed by atoms with Crippen LogP contribution in [0.25, 0.3) is 0 Å². The van der Waals surface area contributed by atoms with Gasteiger partial charge >= 0.3 is 0 Å².